The van der Waals surface area contributed by atoms with Gasteiger partial charge in [-0.05, 0) is 25.7 Å². The normalized spacial score (nSPS) is 27.3. The molecule has 0 bridgehead atoms. The van der Waals surface area contributed by atoms with Crippen LogP contribution in [0.3, 0.4) is 0 Å². The van der Waals surface area contributed by atoms with Gasteiger partial charge in [-0.25, -0.2) is 0 Å². The maximum Gasteiger partial charge on any atom is 0.308 e. The summed E-state index contributed by atoms with van der Waals surface area (Å²) in [4.78, 5) is 11.2. The summed E-state index contributed by atoms with van der Waals surface area (Å²) in [5.74, 6) is 0.00000129. The Bertz CT molecular complexity index is 176. The van der Waals surface area contributed by atoms with Crippen molar-refractivity contribution in [3.8, 4) is 0 Å². The number of carbonyl (C=O) groups is 1. The fraction of sp³-hybridized carbons (Fsp3) is 0.900. The van der Waals surface area contributed by atoms with E-state index in [1.807, 2.05) is 0 Å². The fourth-order valence-electron chi connectivity index (χ4n) is 1.87. The number of rotatable bonds is 4. The molecule has 0 aromatic rings. The molecule has 1 aliphatic rings. The van der Waals surface area contributed by atoms with Gasteiger partial charge in [-0.15, -0.1) is 0 Å². The molecule has 0 amide bonds. The van der Waals surface area contributed by atoms with Crippen LogP contribution in [0, 0.1) is 5.92 Å². The van der Waals surface area contributed by atoms with Crippen LogP contribution in [0.5, 0.6) is 0 Å². The summed E-state index contributed by atoms with van der Waals surface area (Å²) < 4.78 is 10.2. The van der Waals surface area contributed by atoms with Gasteiger partial charge in [0.05, 0.1) is 25.7 Å². The highest BCUT2D eigenvalue weighted by atomic mass is 16.5. The second kappa shape index (κ2) is 5.98. The van der Waals surface area contributed by atoms with Crippen LogP contribution in [0.25, 0.3) is 0 Å². The van der Waals surface area contributed by atoms with E-state index in [2.05, 4.69) is 0 Å². The summed E-state index contributed by atoms with van der Waals surface area (Å²) in [5.41, 5.74) is 5.34. The molecule has 1 fully saturated rings. The van der Waals surface area contributed by atoms with E-state index in [1.165, 1.54) is 7.11 Å². The van der Waals surface area contributed by atoms with Crippen LogP contribution >= 0.6 is 0 Å². The molecule has 4 nitrogen and oxygen atoms in total. The van der Waals surface area contributed by atoms with Gasteiger partial charge in [-0.2, -0.15) is 0 Å². The minimum Gasteiger partial charge on any atom is -0.469 e. The summed E-state index contributed by atoms with van der Waals surface area (Å²) in [6, 6.07) is 0. The van der Waals surface area contributed by atoms with Gasteiger partial charge in [-0.1, -0.05) is 0 Å². The number of hydrogen-bond acceptors (Lipinski definition) is 4. The van der Waals surface area contributed by atoms with Gasteiger partial charge in [0.1, 0.15) is 0 Å². The molecule has 14 heavy (non-hydrogen) atoms. The molecule has 1 rings (SSSR count). The number of esters is 1. The fourth-order valence-corrected chi connectivity index (χ4v) is 1.87. The minimum atomic E-state index is -0.0812. The Labute approximate surface area is 84.7 Å². The Kier molecular flexibility index (Phi) is 4.90. The van der Waals surface area contributed by atoms with Crippen molar-refractivity contribution >= 4 is 5.97 Å². The van der Waals surface area contributed by atoms with Gasteiger partial charge in [0.25, 0.3) is 0 Å². The van der Waals surface area contributed by atoms with Crippen LogP contribution < -0.4 is 5.73 Å². The van der Waals surface area contributed by atoms with Gasteiger partial charge < -0.3 is 15.2 Å². The van der Waals surface area contributed by atoms with Crippen molar-refractivity contribution in [2.45, 2.75) is 31.8 Å². The Morgan fingerprint density at radius 2 is 2.00 bits per heavy atom. The van der Waals surface area contributed by atoms with E-state index < -0.39 is 0 Å². The molecule has 0 heterocycles. The Balaban J connectivity index is 2.20. The lowest BCUT2D eigenvalue weighted by Gasteiger charge is -2.26. The number of ether oxygens (including phenoxy) is 2. The molecular weight excluding hydrogens is 182 g/mol. The molecule has 0 unspecified atom stereocenters. The standard InChI is InChI=1S/C10H19NO3/c1-13-10(12)8-2-4-9(5-3-8)14-7-6-11/h8-9H,2-7,11H2,1H3. The molecule has 1 aliphatic carbocycles. The molecule has 4 heteroatoms. The van der Waals surface area contributed by atoms with Gasteiger partial charge in [-0.3, -0.25) is 4.79 Å². The lowest BCUT2D eigenvalue weighted by Crippen LogP contribution is -2.28. The zero-order valence-corrected chi connectivity index (χ0v) is 8.70. The van der Waals surface area contributed by atoms with E-state index in [-0.39, 0.29) is 11.9 Å². The molecule has 0 spiro atoms. The highest BCUT2D eigenvalue weighted by Crippen LogP contribution is 2.26. The van der Waals surface area contributed by atoms with Crippen molar-refractivity contribution in [2.75, 3.05) is 20.3 Å². The largest absolute Gasteiger partial charge is 0.469 e. The van der Waals surface area contributed by atoms with Gasteiger partial charge >= 0.3 is 5.97 Å². The minimum absolute atomic E-state index is 0.0812. The smallest absolute Gasteiger partial charge is 0.308 e. The molecule has 82 valence electrons. The molecule has 1 saturated carbocycles. The van der Waals surface area contributed by atoms with Gasteiger partial charge in [0.2, 0.25) is 0 Å². The molecule has 0 radical (unpaired) electrons. The lowest BCUT2D eigenvalue weighted by atomic mass is 9.87. The topological polar surface area (TPSA) is 61.5 Å². The Morgan fingerprint density at radius 3 is 2.50 bits per heavy atom. The molecule has 0 aromatic heterocycles. The second-order valence-electron chi connectivity index (χ2n) is 3.66. The van der Waals surface area contributed by atoms with Crippen molar-refractivity contribution in [1.82, 2.24) is 0 Å². The first-order valence-corrected chi connectivity index (χ1v) is 5.17. The quantitative estimate of drug-likeness (QED) is 0.680. The monoisotopic (exact) mass is 201 g/mol. The van der Waals surface area contributed by atoms with E-state index in [1.54, 1.807) is 0 Å². The van der Waals surface area contributed by atoms with Crippen molar-refractivity contribution in [2.24, 2.45) is 11.7 Å². The Hall–Kier alpha value is -0.610. The van der Waals surface area contributed by atoms with E-state index in [9.17, 15) is 4.79 Å². The molecule has 0 atom stereocenters. The van der Waals surface area contributed by atoms with Crippen molar-refractivity contribution in [3.05, 3.63) is 0 Å². The molecule has 0 aliphatic heterocycles. The number of hydrogen-bond donors (Lipinski definition) is 1. The van der Waals surface area contributed by atoms with Crippen molar-refractivity contribution in [3.63, 3.8) is 0 Å². The highest BCUT2D eigenvalue weighted by Gasteiger charge is 2.26. The van der Waals surface area contributed by atoms with E-state index in [0.29, 0.717) is 19.3 Å². The third kappa shape index (κ3) is 3.27. The first-order chi connectivity index (χ1) is 6.77. The summed E-state index contributed by atoms with van der Waals surface area (Å²) >= 11 is 0. The molecule has 0 aromatic carbocycles. The van der Waals surface area contributed by atoms with Crippen LogP contribution in [0.2, 0.25) is 0 Å². The average molecular weight is 201 g/mol. The van der Waals surface area contributed by atoms with Crippen molar-refractivity contribution in [1.29, 1.82) is 0 Å². The van der Waals surface area contributed by atoms with Crippen LogP contribution in [-0.4, -0.2) is 32.3 Å². The summed E-state index contributed by atoms with van der Waals surface area (Å²) in [6.45, 7) is 1.19. The first kappa shape index (κ1) is 11.5. The zero-order chi connectivity index (χ0) is 10.4. The summed E-state index contributed by atoms with van der Waals surface area (Å²) in [6.07, 6.45) is 3.93. The first-order valence-electron chi connectivity index (χ1n) is 5.17. The summed E-state index contributed by atoms with van der Waals surface area (Å²) in [7, 11) is 1.44. The van der Waals surface area contributed by atoms with Crippen LogP contribution in [-0.2, 0) is 14.3 Å². The average Bonchev–Trinajstić information content (AvgIpc) is 2.26. The molecule has 2 N–H and O–H groups in total. The lowest BCUT2D eigenvalue weighted by molar-refractivity contribution is -0.147. The molecular formula is C10H19NO3. The second-order valence-corrected chi connectivity index (χ2v) is 3.66. The third-order valence-electron chi connectivity index (χ3n) is 2.68. The number of nitrogens with two attached hydrogens (primary N) is 1. The maximum absolute atomic E-state index is 11.2. The van der Waals surface area contributed by atoms with Gasteiger partial charge in [0.15, 0.2) is 0 Å². The maximum atomic E-state index is 11.2. The number of methoxy groups -OCH3 is 1. The SMILES string of the molecule is COC(=O)C1CCC(OCCN)CC1. The third-order valence-corrected chi connectivity index (χ3v) is 2.68. The van der Waals surface area contributed by atoms with E-state index in [4.69, 9.17) is 15.2 Å². The molecule has 0 saturated heterocycles. The van der Waals surface area contributed by atoms with Crippen molar-refractivity contribution < 1.29 is 14.3 Å². The highest BCUT2D eigenvalue weighted by molar-refractivity contribution is 5.72. The predicted molar refractivity (Wildman–Crippen MR) is 52.8 cm³/mol. The zero-order valence-electron chi connectivity index (χ0n) is 8.70. The van der Waals surface area contributed by atoms with Gasteiger partial charge in [0, 0.05) is 6.54 Å². The van der Waals surface area contributed by atoms with E-state index in [0.717, 1.165) is 25.7 Å². The summed E-state index contributed by atoms with van der Waals surface area (Å²) in [5, 5.41) is 0. The van der Waals surface area contributed by atoms with Crippen LogP contribution in [0.4, 0.5) is 0 Å². The predicted octanol–water partition coefficient (Wildman–Crippen LogP) is 0.693. The van der Waals surface area contributed by atoms with Crippen LogP contribution in [0.1, 0.15) is 25.7 Å². The van der Waals surface area contributed by atoms with Crippen LogP contribution in [0.15, 0.2) is 0 Å². The Morgan fingerprint density at radius 1 is 1.36 bits per heavy atom. The van der Waals surface area contributed by atoms with E-state index >= 15 is 0 Å². The number of carbonyl (C=O) groups excluding carboxylic acids is 1.